The molecule has 1 aromatic carbocycles. The second-order valence-corrected chi connectivity index (χ2v) is 6.73. The van der Waals surface area contributed by atoms with Crippen LogP contribution in [0.2, 0.25) is 0 Å². The molecule has 5 heteroatoms. The quantitative estimate of drug-likeness (QED) is 0.573. The Morgan fingerprint density at radius 1 is 1.16 bits per heavy atom. The zero-order chi connectivity index (χ0) is 17.5. The van der Waals surface area contributed by atoms with Crippen molar-refractivity contribution < 1.29 is 13.9 Å². The predicted octanol–water partition coefficient (Wildman–Crippen LogP) is 4.97. The molecule has 3 aromatic rings. The summed E-state index contributed by atoms with van der Waals surface area (Å²) in [5.74, 6) is 1.46. The molecule has 0 atom stereocenters. The van der Waals surface area contributed by atoms with Crippen LogP contribution in [0.15, 0.2) is 64.6 Å². The molecule has 0 aliphatic carbocycles. The lowest BCUT2D eigenvalue weighted by Crippen LogP contribution is -2.29. The van der Waals surface area contributed by atoms with Gasteiger partial charge in [-0.25, -0.2) is 0 Å². The Kier molecular flexibility index (Phi) is 5.90. The van der Waals surface area contributed by atoms with Gasteiger partial charge in [-0.1, -0.05) is 19.1 Å². The normalized spacial score (nSPS) is 10.6. The summed E-state index contributed by atoms with van der Waals surface area (Å²) in [5.41, 5.74) is 0.622. The predicted molar refractivity (Wildman–Crippen MR) is 98.8 cm³/mol. The van der Waals surface area contributed by atoms with E-state index in [2.05, 4.69) is 6.92 Å². The zero-order valence-corrected chi connectivity index (χ0v) is 15.0. The molecule has 0 fully saturated rings. The molecular formula is C20H21NO3S. The molecule has 0 aliphatic heterocycles. The van der Waals surface area contributed by atoms with Crippen LogP contribution in [0.1, 0.15) is 34.3 Å². The molecule has 1 amide bonds. The number of hydrogen-bond donors (Lipinski definition) is 0. The largest absolute Gasteiger partial charge is 0.494 e. The van der Waals surface area contributed by atoms with E-state index in [1.165, 1.54) is 0 Å². The molecule has 0 unspecified atom stereocenters. The first-order valence-corrected chi connectivity index (χ1v) is 9.21. The van der Waals surface area contributed by atoms with Crippen molar-refractivity contribution in [3.05, 3.63) is 76.4 Å². The van der Waals surface area contributed by atoms with Gasteiger partial charge < -0.3 is 14.1 Å². The number of ether oxygens (including phenoxy) is 1. The van der Waals surface area contributed by atoms with Crippen LogP contribution in [0, 0.1) is 0 Å². The summed E-state index contributed by atoms with van der Waals surface area (Å²) in [4.78, 5) is 16.0. The standard InChI is InChI=1S/C20H21NO3S/c1-2-10-23-17-7-3-6-16(13-17)20(22)21(14-18-8-4-11-24-18)15-19-9-5-12-25-19/h3-9,11-13H,2,10,14-15H2,1H3. The first kappa shape index (κ1) is 17.3. The van der Waals surface area contributed by atoms with Crippen LogP contribution in [0.3, 0.4) is 0 Å². The van der Waals surface area contributed by atoms with Crippen molar-refractivity contribution in [1.82, 2.24) is 4.90 Å². The highest BCUT2D eigenvalue weighted by atomic mass is 32.1. The number of carbonyl (C=O) groups is 1. The molecule has 2 aromatic heterocycles. The van der Waals surface area contributed by atoms with E-state index in [9.17, 15) is 4.79 Å². The number of rotatable bonds is 8. The summed E-state index contributed by atoms with van der Waals surface area (Å²) in [5, 5.41) is 2.02. The minimum absolute atomic E-state index is 0.0354. The molecule has 3 rings (SSSR count). The minimum Gasteiger partial charge on any atom is -0.494 e. The van der Waals surface area contributed by atoms with Gasteiger partial charge in [-0.15, -0.1) is 11.3 Å². The smallest absolute Gasteiger partial charge is 0.254 e. The van der Waals surface area contributed by atoms with Gasteiger partial charge in [-0.3, -0.25) is 4.79 Å². The zero-order valence-electron chi connectivity index (χ0n) is 14.2. The molecule has 130 valence electrons. The fourth-order valence-corrected chi connectivity index (χ4v) is 3.22. The molecule has 0 saturated heterocycles. The summed E-state index contributed by atoms with van der Waals surface area (Å²) in [6.07, 6.45) is 2.56. The van der Waals surface area contributed by atoms with Crippen LogP contribution in [0.5, 0.6) is 5.75 Å². The number of benzene rings is 1. The van der Waals surface area contributed by atoms with Crippen molar-refractivity contribution >= 4 is 17.2 Å². The lowest BCUT2D eigenvalue weighted by atomic mass is 10.1. The topological polar surface area (TPSA) is 42.7 Å². The van der Waals surface area contributed by atoms with Gasteiger partial charge >= 0.3 is 0 Å². The van der Waals surface area contributed by atoms with E-state index in [1.54, 1.807) is 22.5 Å². The van der Waals surface area contributed by atoms with E-state index in [-0.39, 0.29) is 5.91 Å². The second kappa shape index (κ2) is 8.53. The molecule has 0 saturated carbocycles. The molecule has 4 nitrogen and oxygen atoms in total. The minimum atomic E-state index is -0.0354. The SMILES string of the molecule is CCCOc1cccc(C(=O)N(Cc2ccco2)Cc2cccs2)c1. The van der Waals surface area contributed by atoms with Gasteiger partial charge in [-0.05, 0) is 48.2 Å². The lowest BCUT2D eigenvalue weighted by molar-refractivity contribution is 0.0719. The Labute approximate surface area is 151 Å². The molecule has 25 heavy (non-hydrogen) atoms. The van der Waals surface area contributed by atoms with E-state index < -0.39 is 0 Å². The number of furan rings is 1. The van der Waals surface area contributed by atoms with Crippen LogP contribution >= 0.6 is 11.3 Å². The van der Waals surface area contributed by atoms with Gasteiger partial charge in [0.25, 0.3) is 5.91 Å². The fraction of sp³-hybridized carbons (Fsp3) is 0.250. The summed E-state index contributed by atoms with van der Waals surface area (Å²) in [7, 11) is 0. The Morgan fingerprint density at radius 3 is 2.80 bits per heavy atom. The highest BCUT2D eigenvalue weighted by molar-refractivity contribution is 7.09. The third-order valence-electron chi connectivity index (χ3n) is 3.69. The van der Waals surface area contributed by atoms with Gasteiger partial charge in [-0.2, -0.15) is 0 Å². The van der Waals surface area contributed by atoms with Crippen LogP contribution in [0.25, 0.3) is 0 Å². The lowest BCUT2D eigenvalue weighted by Gasteiger charge is -2.21. The Bertz CT molecular complexity index is 745. The van der Waals surface area contributed by atoms with Crippen molar-refractivity contribution in [2.45, 2.75) is 26.4 Å². The van der Waals surface area contributed by atoms with E-state index in [0.717, 1.165) is 22.8 Å². The maximum atomic E-state index is 13.1. The van der Waals surface area contributed by atoms with E-state index in [4.69, 9.17) is 9.15 Å². The third kappa shape index (κ3) is 4.73. The van der Waals surface area contributed by atoms with Gasteiger partial charge in [0, 0.05) is 10.4 Å². The van der Waals surface area contributed by atoms with E-state index in [1.807, 2.05) is 53.9 Å². The summed E-state index contributed by atoms with van der Waals surface area (Å²) in [6.45, 7) is 3.69. The molecule has 0 bridgehead atoms. The molecule has 2 heterocycles. The van der Waals surface area contributed by atoms with Crippen molar-refractivity contribution in [3.8, 4) is 5.75 Å². The Morgan fingerprint density at radius 2 is 2.08 bits per heavy atom. The second-order valence-electron chi connectivity index (χ2n) is 5.70. The number of hydrogen-bond acceptors (Lipinski definition) is 4. The highest BCUT2D eigenvalue weighted by Gasteiger charge is 2.19. The molecule has 0 N–H and O–H groups in total. The summed E-state index contributed by atoms with van der Waals surface area (Å²) in [6, 6.07) is 15.1. The number of nitrogens with zero attached hydrogens (tertiary/aromatic N) is 1. The van der Waals surface area contributed by atoms with Crippen LogP contribution in [0.4, 0.5) is 0 Å². The number of amides is 1. The van der Waals surface area contributed by atoms with Crippen molar-refractivity contribution in [2.75, 3.05) is 6.61 Å². The maximum absolute atomic E-state index is 13.1. The monoisotopic (exact) mass is 355 g/mol. The summed E-state index contributed by atoms with van der Waals surface area (Å²) < 4.78 is 11.1. The van der Waals surface area contributed by atoms with E-state index in [0.29, 0.717) is 25.3 Å². The molecule has 0 aliphatic rings. The van der Waals surface area contributed by atoms with Gasteiger partial charge in [0.2, 0.25) is 0 Å². The van der Waals surface area contributed by atoms with Crippen molar-refractivity contribution in [3.63, 3.8) is 0 Å². The van der Waals surface area contributed by atoms with Gasteiger partial charge in [0.1, 0.15) is 11.5 Å². The Hall–Kier alpha value is -2.53. The first-order valence-electron chi connectivity index (χ1n) is 8.33. The average Bonchev–Trinajstić information content (AvgIpc) is 3.33. The van der Waals surface area contributed by atoms with Crippen molar-refractivity contribution in [1.29, 1.82) is 0 Å². The third-order valence-corrected chi connectivity index (χ3v) is 4.56. The van der Waals surface area contributed by atoms with E-state index >= 15 is 0 Å². The Balaban J connectivity index is 1.80. The summed E-state index contributed by atoms with van der Waals surface area (Å²) >= 11 is 1.64. The fourth-order valence-electron chi connectivity index (χ4n) is 2.50. The maximum Gasteiger partial charge on any atom is 0.254 e. The molecule has 0 radical (unpaired) electrons. The molecular weight excluding hydrogens is 334 g/mol. The first-order chi connectivity index (χ1) is 12.3. The van der Waals surface area contributed by atoms with Gasteiger partial charge in [0.05, 0.1) is 26.0 Å². The van der Waals surface area contributed by atoms with Gasteiger partial charge in [0.15, 0.2) is 0 Å². The number of carbonyl (C=O) groups excluding carboxylic acids is 1. The van der Waals surface area contributed by atoms with Crippen molar-refractivity contribution in [2.24, 2.45) is 0 Å². The van der Waals surface area contributed by atoms with Crippen LogP contribution < -0.4 is 4.74 Å². The molecule has 0 spiro atoms. The van der Waals surface area contributed by atoms with Crippen LogP contribution in [-0.2, 0) is 13.1 Å². The number of thiophene rings is 1. The highest BCUT2D eigenvalue weighted by Crippen LogP contribution is 2.20. The van der Waals surface area contributed by atoms with Crippen LogP contribution in [-0.4, -0.2) is 17.4 Å². The average molecular weight is 355 g/mol.